The van der Waals surface area contributed by atoms with E-state index in [9.17, 15) is 4.79 Å². The van der Waals surface area contributed by atoms with Crippen molar-refractivity contribution in [3.05, 3.63) is 35.4 Å². The molecule has 1 saturated carbocycles. The molecule has 1 spiro atoms. The second-order valence-corrected chi connectivity index (χ2v) is 9.14. The van der Waals surface area contributed by atoms with E-state index in [-0.39, 0.29) is 23.5 Å². The molecule has 3 saturated heterocycles. The Kier molecular flexibility index (Phi) is 2.66. The van der Waals surface area contributed by atoms with E-state index in [1.165, 1.54) is 12.0 Å². The fourth-order valence-corrected chi connectivity index (χ4v) is 7.66. The molecule has 0 N–H and O–H groups in total. The first-order valence-corrected chi connectivity index (χ1v) is 10.3. The minimum Gasteiger partial charge on any atom is -0.497 e. The van der Waals surface area contributed by atoms with Gasteiger partial charge in [-0.25, -0.2) is 0 Å². The summed E-state index contributed by atoms with van der Waals surface area (Å²) in [5, 5.41) is 0. The number of rotatable bonds is 1. The number of piperidine rings is 2. The van der Waals surface area contributed by atoms with Gasteiger partial charge in [-0.1, -0.05) is 17.7 Å². The Hall–Kier alpha value is -1.85. The van der Waals surface area contributed by atoms with Gasteiger partial charge in [0.05, 0.1) is 38.0 Å². The van der Waals surface area contributed by atoms with Crippen LogP contribution in [0.1, 0.15) is 24.8 Å². The molecule has 0 unspecified atom stereocenters. The van der Waals surface area contributed by atoms with Crippen LogP contribution in [0.15, 0.2) is 29.8 Å². The van der Waals surface area contributed by atoms with Crippen molar-refractivity contribution in [2.24, 2.45) is 11.8 Å². The molecular weight excluding hydrogens is 340 g/mol. The average Bonchev–Trinajstić information content (AvgIpc) is 3.15. The van der Waals surface area contributed by atoms with Gasteiger partial charge in [0.2, 0.25) is 5.91 Å². The third kappa shape index (κ3) is 1.56. The maximum absolute atomic E-state index is 13.3. The maximum atomic E-state index is 13.3. The van der Waals surface area contributed by atoms with E-state index in [0.29, 0.717) is 30.9 Å². The van der Waals surface area contributed by atoms with E-state index in [1.807, 2.05) is 0 Å². The van der Waals surface area contributed by atoms with E-state index in [1.54, 1.807) is 12.7 Å². The lowest BCUT2D eigenvalue weighted by Gasteiger charge is -2.58. The normalized spacial score (nSPS) is 43.3. The predicted octanol–water partition coefficient (Wildman–Crippen LogP) is 2.10. The van der Waals surface area contributed by atoms with Crippen LogP contribution in [-0.2, 0) is 14.9 Å². The van der Waals surface area contributed by atoms with Crippen molar-refractivity contribution in [1.82, 2.24) is 4.90 Å². The van der Waals surface area contributed by atoms with Crippen molar-refractivity contribution in [2.45, 2.75) is 42.9 Å². The van der Waals surface area contributed by atoms with E-state index in [2.05, 4.69) is 34.1 Å². The number of ether oxygens (including phenoxy) is 2. The van der Waals surface area contributed by atoms with Crippen LogP contribution in [0.25, 0.3) is 0 Å². The molecule has 5 heterocycles. The summed E-state index contributed by atoms with van der Waals surface area (Å²) in [4.78, 5) is 18.2. The number of carbonyl (C=O) groups is 1. The first-order valence-electron chi connectivity index (χ1n) is 10.3. The number of amides is 1. The summed E-state index contributed by atoms with van der Waals surface area (Å²) in [5.41, 5.74) is 4.12. The molecule has 0 radical (unpaired) electrons. The number of benzene rings is 1. The van der Waals surface area contributed by atoms with Crippen LogP contribution >= 0.6 is 0 Å². The fourth-order valence-electron chi connectivity index (χ4n) is 7.66. The number of carbonyl (C=O) groups excluding carboxylic acids is 1. The smallest absolute Gasteiger partial charge is 0.229 e. The molecule has 1 aromatic carbocycles. The molecule has 7 rings (SSSR count). The Balaban J connectivity index is 1.52. The van der Waals surface area contributed by atoms with Crippen LogP contribution < -0.4 is 9.64 Å². The minimum atomic E-state index is 0.0658. The highest BCUT2D eigenvalue weighted by atomic mass is 16.5. The number of hydrogen-bond donors (Lipinski definition) is 0. The van der Waals surface area contributed by atoms with Crippen LogP contribution in [0.3, 0.4) is 0 Å². The quantitative estimate of drug-likeness (QED) is 0.716. The van der Waals surface area contributed by atoms with Crippen molar-refractivity contribution >= 4 is 11.6 Å². The summed E-state index contributed by atoms with van der Waals surface area (Å²) < 4.78 is 11.8. The molecular formula is C22H24N2O3. The first kappa shape index (κ1) is 15.1. The fraction of sp³-hybridized carbons (Fsp3) is 0.591. The van der Waals surface area contributed by atoms with Gasteiger partial charge in [0, 0.05) is 30.0 Å². The molecule has 4 fully saturated rings. The van der Waals surface area contributed by atoms with E-state index >= 15 is 0 Å². The molecule has 5 heteroatoms. The third-order valence-corrected chi connectivity index (χ3v) is 8.52. The van der Waals surface area contributed by atoms with Gasteiger partial charge < -0.3 is 14.4 Å². The SMILES string of the molecule is COc1ccc2c(c1)N1C(=O)C[C@@H]3OCC=C4CN5CC[C@]26[C@@H]5C[C@@H]4[C@@H]3[C@H]16. The highest BCUT2D eigenvalue weighted by molar-refractivity contribution is 5.99. The summed E-state index contributed by atoms with van der Waals surface area (Å²) in [6.07, 6.45) is 5.28. The van der Waals surface area contributed by atoms with Crippen LogP contribution in [0.4, 0.5) is 5.69 Å². The zero-order valence-electron chi connectivity index (χ0n) is 15.6. The van der Waals surface area contributed by atoms with Crippen molar-refractivity contribution in [3.8, 4) is 5.75 Å². The van der Waals surface area contributed by atoms with Crippen molar-refractivity contribution in [2.75, 3.05) is 31.7 Å². The summed E-state index contributed by atoms with van der Waals surface area (Å²) >= 11 is 0. The molecule has 2 bridgehead atoms. The van der Waals surface area contributed by atoms with Gasteiger partial charge >= 0.3 is 0 Å². The summed E-state index contributed by atoms with van der Waals surface area (Å²) in [5.74, 6) is 2.07. The summed E-state index contributed by atoms with van der Waals surface area (Å²) in [6.45, 7) is 2.89. The average molecular weight is 364 g/mol. The standard InChI is InChI=1S/C22H24N2O3/c1-26-13-2-3-15-16(8-13)24-19(25)10-17-20-14-9-18-22(15,21(20)24)5-6-23(18)11-12(14)4-7-27-17/h2-4,8,14,17-18,20-21H,5-7,9-11H2,1H3/t14-,17-,18-,20-,21-,22+/m0/s1. The molecule has 0 aromatic heterocycles. The largest absolute Gasteiger partial charge is 0.497 e. The van der Waals surface area contributed by atoms with Gasteiger partial charge in [-0.05, 0) is 36.9 Å². The number of fused-ring (bicyclic) bond motifs is 2. The third-order valence-electron chi connectivity index (χ3n) is 8.52. The number of methoxy groups -OCH3 is 1. The first-order chi connectivity index (χ1) is 13.2. The molecule has 1 amide bonds. The summed E-state index contributed by atoms with van der Waals surface area (Å²) in [7, 11) is 1.70. The van der Waals surface area contributed by atoms with Gasteiger partial charge in [0.15, 0.2) is 0 Å². The number of hydrogen-bond acceptors (Lipinski definition) is 4. The Labute approximate surface area is 158 Å². The Morgan fingerprint density at radius 2 is 2.26 bits per heavy atom. The summed E-state index contributed by atoms with van der Waals surface area (Å²) in [6, 6.07) is 7.22. The topological polar surface area (TPSA) is 42.0 Å². The van der Waals surface area contributed by atoms with Crippen molar-refractivity contribution < 1.29 is 14.3 Å². The molecule has 6 aliphatic rings. The molecule has 5 nitrogen and oxygen atoms in total. The van der Waals surface area contributed by atoms with Crippen molar-refractivity contribution in [3.63, 3.8) is 0 Å². The molecule has 1 aliphatic carbocycles. The van der Waals surface area contributed by atoms with E-state index in [4.69, 9.17) is 9.47 Å². The van der Waals surface area contributed by atoms with Gasteiger partial charge in [-0.15, -0.1) is 0 Å². The Morgan fingerprint density at radius 3 is 3.15 bits per heavy atom. The van der Waals surface area contributed by atoms with Crippen LogP contribution in [0.5, 0.6) is 5.75 Å². The second kappa shape index (κ2) is 4.76. The van der Waals surface area contributed by atoms with Gasteiger partial charge in [0.1, 0.15) is 5.75 Å². The minimum absolute atomic E-state index is 0.0658. The molecule has 5 aliphatic heterocycles. The zero-order chi connectivity index (χ0) is 17.9. The predicted molar refractivity (Wildman–Crippen MR) is 100.0 cm³/mol. The van der Waals surface area contributed by atoms with Crippen LogP contribution in [0, 0.1) is 11.8 Å². The molecule has 1 aromatic rings. The zero-order valence-corrected chi connectivity index (χ0v) is 15.6. The van der Waals surface area contributed by atoms with Gasteiger partial charge in [0.25, 0.3) is 0 Å². The van der Waals surface area contributed by atoms with Crippen LogP contribution in [0.2, 0.25) is 0 Å². The lowest BCUT2D eigenvalue weighted by Crippen LogP contribution is -2.69. The van der Waals surface area contributed by atoms with E-state index < -0.39 is 0 Å². The maximum Gasteiger partial charge on any atom is 0.229 e. The van der Waals surface area contributed by atoms with E-state index in [0.717, 1.165) is 30.9 Å². The lowest BCUT2D eigenvalue weighted by molar-refractivity contribution is -0.132. The van der Waals surface area contributed by atoms with Crippen LogP contribution in [-0.4, -0.2) is 55.8 Å². The number of nitrogens with zero attached hydrogens (tertiary/aromatic N) is 2. The lowest BCUT2D eigenvalue weighted by atomic mass is 9.53. The highest BCUT2D eigenvalue weighted by Gasteiger charge is 2.71. The molecule has 140 valence electrons. The Morgan fingerprint density at radius 1 is 1.33 bits per heavy atom. The Bertz CT molecular complexity index is 911. The monoisotopic (exact) mass is 364 g/mol. The molecule has 6 atom stereocenters. The van der Waals surface area contributed by atoms with Crippen molar-refractivity contribution in [1.29, 1.82) is 0 Å². The highest BCUT2D eigenvalue weighted by Crippen LogP contribution is 2.65. The van der Waals surface area contributed by atoms with Gasteiger partial charge in [-0.3, -0.25) is 9.69 Å². The molecule has 27 heavy (non-hydrogen) atoms. The number of anilines is 1. The van der Waals surface area contributed by atoms with Gasteiger partial charge in [-0.2, -0.15) is 0 Å². The second-order valence-electron chi connectivity index (χ2n) is 9.14.